The van der Waals surface area contributed by atoms with Crippen molar-refractivity contribution in [2.75, 3.05) is 0 Å². The Hall–Kier alpha value is -1.11. The summed E-state index contributed by atoms with van der Waals surface area (Å²) in [5.41, 5.74) is 0.476. The first-order chi connectivity index (χ1) is 5.83. The van der Waals surface area contributed by atoms with Gasteiger partial charge in [-0.05, 0) is 11.4 Å². The van der Waals surface area contributed by atoms with E-state index in [0.29, 0.717) is 5.56 Å². The van der Waals surface area contributed by atoms with E-state index in [1.165, 1.54) is 11.3 Å². The van der Waals surface area contributed by atoms with Crippen molar-refractivity contribution in [3.63, 3.8) is 0 Å². The lowest BCUT2D eigenvalue weighted by Crippen LogP contribution is -1.80. The maximum atomic E-state index is 8.77. The van der Waals surface area contributed by atoms with E-state index in [1.54, 1.807) is 6.20 Å². The highest BCUT2D eigenvalue weighted by atomic mass is 35.5. The predicted molar refractivity (Wildman–Crippen MR) is 49.3 cm³/mol. The number of fused-ring (bicyclic) bond motifs is 1. The van der Waals surface area contributed by atoms with Gasteiger partial charge in [0, 0.05) is 11.6 Å². The van der Waals surface area contributed by atoms with Crippen LogP contribution >= 0.6 is 22.9 Å². The van der Waals surface area contributed by atoms with Crippen LogP contribution in [0.4, 0.5) is 0 Å². The molecule has 58 valence electrons. The zero-order valence-corrected chi connectivity index (χ0v) is 7.49. The largest absolute Gasteiger partial charge is 0.242 e. The van der Waals surface area contributed by atoms with Crippen molar-refractivity contribution in [2.45, 2.75) is 0 Å². The van der Waals surface area contributed by atoms with Gasteiger partial charge in [0.1, 0.15) is 16.8 Å². The molecule has 2 nitrogen and oxygen atoms in total. The van der Waals surface area contributed by atoms with Crippen molar-refractivity contribution < 1.29 is 0 Å². The smallest absolute Gasteiger partial charge is 0.148 e. The predicted octanol–water partition coefficient (Wildman–Crippen LogP) is 2.82. The van der Waals surface area contributed by atoms with Crippen LogP contribution in [0.3, 0.4) is 0 Å². The van der Waals surface area contributed by atoms with Crippen molar-refractivity contribution in [3.8, 4) is 6.07 Å². The van der Waals surface area contributed by atoms with Gasteiger partial charge in [-0.25, -0.2) is 4.98 Å². The molecule has 0 aliphatic carbocycles. The molecule has 0 spiro atoms. The van der Waals surface area contributed by atoms with Gasteiger partial charge >= 0.3 is 0 Å². The maximum Gasteiger partial charge on any atom is 0.148 e. The third-order valence-electron chi connectivity index (χ3n) is 1.56. The monoisotopic (exact) mass is 194 g/mol. The number of nitriles is 1. The molecular formula is C8H3ClN2S. The summed E-state index contributed by atoms with van der Waals surface area (Å²) in [6.07, 6.45) is 1.68. The Bertz CT molecular complexity index is 469. The minimum atomic E-state index is 0.285. The van der Waals surface area contributed by atoms with E-state index < -0.39 is 0 Å². The number of nitrogens with zero attached hydrogens (tertiary/aromatic N) is 2. The van der Waals surface area contributed by atoms with Gasteiger partial charge in [-0.15, -0.1) is 11.3 Å². The van der Waals surface area contributed by atoms with Gasteiger partial charge in [0.2, 0.25) is 0 Å². The lowest BCUT2D eigenvalue weighted by Gasteiger charge is -1.93. The minimum Gasteiger partial charge on any atom is -0.242 e. The Labute approximate surface area is 78.0 Å². The number of hydrogen-bond donors (Lipinski definition) is 0. The summed E-state index contributed by atoms with van der Waals surface area (Å²) >= 11 is 7.24. The molecule has 0 atom stereocenters. The fraction of sp³-hybridized carbons (Fsp3) is 0. The average molecular weight is 195 g/mol. The second kappa shape index (κ2) is 2.74. The number of thiophene rings is 1. The molecule has 0 radical (unpaired) electrons. The van der Waals surface area contributed by atoms with E-state index in [4.69, 9.17) is 16.9 Å². The molecule has 2 aromatic rings. The zero-order valence-electron chi connectivity index (χ0n) is 5.91. The highest BCUT2D eigenvalue weighted by Crippen LogP contribution is 2.27. The number of pyridine rings is 1. The van der Waals surface area contributed by atoms with E-state index in [-0.39, 0.29) is 5.15 Å². The van der Waals surface area contributed by atoms with E-state index >= 15 is 0 Å². The molecule has 0 bridgehead atoms. The molecule has 2 heterocycles. The lowest BCUT2D eigenvalue weighted by atomic mass is 10.2. The van der Waals surface area contributed by atoms with Gasteiger partial charge in [0.05, 0.1) is 4.70 Å². The number of rotatable bonds is 0. The highest BCUT2D eigenvalue weighted by Gasteiger charge is 2.06. The van der Waals surface area contributed by atoms with Crippen LogP contribution in [-0.2, 0) is 0 Å². The third kappa shape index (κ3) is 0.970. The van der Waals surface area contributed by atoms with Crippen LogP contribution in [0, 0.1) is 11.3 Å². The van der Waals surface area contributed by atoms with Gasteiger partial charge in [0.15, 0.2) is 0 Å². The first kappa shape index (κ1) is 7.53. The molecule has 0 amide bonds. The topological polar surface area (TPSA) is 36.7 Å². The van der Waals surface area contributed by atoms with Crippen LogP contribution in [0.2, 0.25) is 5.15 Å². The Morgan fingerprint density at radius 2 is 2.42 bits per heavy atom. The molecule has 4 heteroatoms. The lowest BCUT2D eigenvalue weighted by molar-refractivity contribution is 1.34. The van der Waals surface area contributed by atoms with E-state index in [9.17, 15) is 0 Å². The van der Waals surface area contributed by atoms with Crippen molar-refractivity contribution in [2.24, 2.45) is 0 Å². The second-order valence-corrected chi connectivity index (χ2v) is 3.52. The third-order valence-corrected chi connectivity index (χ3v) is 2.79. The van der Waals surface area contributed by atoms with Crippen LogP contribution in [-0.4, -0.2) is 4.98 Å². The number of aromatic nitrogens is 1. The molecule has 0 aliphatic rings. The summed E-state index contributed by atoms with van der Waals surface area (Å²) in [7, 11) is 0. The van der Waals surface area contributed by atoms with Crippen LogP contribution in [0.1, 0.15) is 5.56 Å². The molecule has 0 saturated heterocycles. The van der Waals surface area contributed by atoms with Gasteiger partial charge in [-0.1, -0.05) is 11.6 Å². The van der Waals surface area contributed by atoms with Crippen LogP contribution < -0.4 is 0 Å². The van der Waals surface area contributed by atoms with Crippen molar-refractivity contribution in [1.82, 2.24) is 4.98 Å². The fourth-order valence-corrected chi connectivity index (χ4v) is 2.11. The molecule has 2 rings (SSSR count). The summed E-state index contributed by atoms with van der Waals surface area (Å²) in [4.78, 5) is 3.90. The first-order valence-electron chi connectivity index (χ1n) is 3.24. The Kier molecular flexibility index (Phi) is 1.72. The SMILES string of the molecule is N#Cc1c(Cl)ncc2ccsc12. The molecule has 12 heavy (non-hydrogen) atoms. The standard InChI is InChI=1S/C8H3ClN2S/c9-8-6(3-10)7-5(4-11-8)1-2-12-7/h1-2,4H. The normalized spacial score (nSPS) is 10.0. The van der Waals surface area contributed by atoms with Crippen LogP contribution in [0.25, 0.3) is 10.1 Å². The Morgan fingerprint density at radius 3 is 3.17 bits per heavy atom. The summed E-state index contributed by atoms with van der Waals surface area (Å²) in [6.45, 7) is 0. The summed E-state index contributed by atoms with van der Waals surface area (Å²) in [6, 6.07) is 3.96. The Morgan fingerprint density at radius 1 is 1.58 bits per heavy atom. The minimum absolute atomic E-state index is 0.285. The highest BCUT2D eigenvalue weighted by molar-refractivity contribution is 7.17. The zero-order chi connectivity index (χ0) is 8.55. The van der Waals surface area contributed by atoms with E-state index in [1.807, 2.05) is 17.5 Å². The van der Waals surface area contributed by atoms with Gasteiger partial charge in [-0.3, -0.25) is 0 Å². The summed E-state index contributed by atoms with van der Waals surface area (Å²) in [5, 5.41) is 11.9. The number of hydrogen-bond acceptors (Lipinski definition) is 3. The van der Waals surface area contributed by atoms with Crippen molar-refractivity contribution >= 4 is 33.0 Å². The molecule has 0 aromatic carbocycles. The molecule has 0 unspecified atom stereocenters. The van der Waals surface area contributed by atoms with Crippen LogP contribution in [0.5, 0.6) is 0 Å². The van der Waals surface area contributed by atoms with E-state index in [0.717, 1.165) is 10.1 Å². The van der Waals surface area contributed by atoms with Crippen molar-refractivity contribution in [3.05, 3.63) is 28.4 Å². The molecule has 0 fully saturated rings. The van der Waals surface area contributed by atoms with Gasteiger partial charge in [-0.2, -0.15) is 5.26 Å². The average Bonchev–Trinajstić information content (AvgIpc) is 2.52. The van der Waals surface area contributed by atoms with Crippen molar-refractivity contribution in [1.29, 1.82) is 5.26 Å². The second-order valence-electron chi connectivity index (χ2n) is 2.24. The maximum absolute atomic E-state index is 8.77. The number of halogens is 1. The van der Waals surface area contributed by atoms with Gasteiger partial charge < -0.3 is 0 Å². The van der Waals surface area contributed by atoms with Gasteiger partial charge in [0.25, 0.3) is 0 Å². The molecule has 0 N–H and O–H groups in total. The molecular weight excluding hydrogens is 192 g/mol. The summed E-state index contributed by atoms with van der Waals surface area (Å²) in [5.74, 6) is 0. The quantitative estimate of drug-likeness (QED) is 0.605. The Balaban J connectivity index is 2.94. The van der Waals surface area contributed by atoms with E-state index in [2.05, 4.69) is 4.98 Å². The summed E-state index contributed by atoms with van der Waals surface area (Å²) < 4.78 is 0.914. The first-order valence-corrected chi connectivity index (χ1v) is 4.50. The van der Waals surface area contributed by atoms with Crippen LogP contribution in [0.15, 0.2) is 17.6 Å². The molecule has 0 saturated carbocycles. The molecule has 2 aromatic heterocycles. The fourth-order valence-electron chi connectivity index (χ4n) is 1.01. The molecule has 0 aliphatic heterocycles.